The first-order valence-corrected chi connectivity index (χ1v) is 7.57. The quantitative estimate of drug-likeness (QED) is 0.879. The third-order valence-corrected chi connectivity index (χ3v) is 4.33. The van der Waals surface area contributed by atoms with Crippen LogP contribution in [-0.2, 0) is 11.3 Å². The third-order valence-electron chi connectivity index (χ3n) is 4.33. The number of rotatable bonds is 4. The van der Waals surface area contributed by atoms with Crippen molar-refractivity contribution in [3.63, 3.8) is 0 Å². The van der Waals surface area contributed by atoms with Crippen molar-refractivity contribution in [1.82, 2.24) is 5.32 Å². The van der Waals surface area contributed by atoms with E-state index in [-0.39, 0.29) is 5.91 Å². The maximum atomic E-state index is 11.0. The molecule has 1 unspecified atom stereocenters. The SMILES string of the molecule is CC(=O)Nc1ccc(CNC2CCCCC2(C)C)cc1. The van der Waals surface area contributed by atoms with Gasteiger partial charge in [-0.2, -0.15) is 0 Å². The maximum Gasteiger partial charge on any atom is 0.221 e. The average Bonchev–Trinajstić information content (AvgIpc) is 2.38. The minimum absolute atomic E-state index is 0.0279. The molecule has 1 aromatic rings. The molecule has 0 saturated heterocycles. The van der Waals surface area contributed by atoms with Crippen molar-refractivity contribution in [3.05, 3.63) is 29.8 Å². The molecule has 1 amide bonds. The average molecular weight is 274 g/mol. The molecule has 110 valence electrons. The first-order chi connectivity index (χ1) is 9.47. The number of carbonyl (C=O) groups excluding carboxylic acids is 1. The van der Waals surface area contributed by atoms with Crippen molar-refractivity contribution in [2.24, 2.45) is 5.41 Å². The van der Waals surface area contributed by atoms with Crippen LogP contribution in [0.1, 0.15) is 52.0 Å². The smallest absolute Gasteiger partial charge is 0.221 e. The van der Waals surface area contributed by atoms with Crippen LogP contribution >= 0.6 is 0 Å². The van der Waals surface area contributed by atoms with Gasteiger partial charge in [0.25, 0.3) is 0 Å². The number of benzene rings is 1. The molecule has 2 N–H and O–H groups in total. The Bertz CT molecular complexity index is 451. The van der Waals surface area contributed by atoms with Crippen LogP contribution in [0.5, 0.6) is 0 Å². The lowest BCUT2D eigenvalue weighted by molar-refractivity contribution is -0.114. The Morgan fingerprint density at radius 1 is 1.25 bits per heavy atom. The zero-order chi connectivity index (χ0) is 14.6. The van der Waals surface area contributed by atoms with Gasteiger partial charge in [-0.15, -0.1) is 0 Å². The molecule has 3 heteroatoms. The molecule has 1 aromatic carbocycles. The third kappa shape index (κ3) is 4.07. The zero-order valence-electron chi connectivity index (χ0n) is 12.8. The summed E-state index contributed by atoms with van der Waals surface area (Å²) in [6, 6.07) is 8.68. The summed E-state index contributed by atoms with van der Waals surface area (Å²) in [5.41, 5.74) is 2.52. The molecule has 3 nitrogen and oxygen atoms in total. The molecule has 1 atom stereocenters. The fraction of sp³-hybridized carbons (Fsp3) is 0.588. The molecule has 1 fully saturated rings. The summed E-state index contributed by atoms with van der Waals surface area (Å²) in [5.74, 6) is -0.0279. The summed E-state index contributed by atoms with van der Waals surface area (Å²) in [5, 5.41) is 6.49. The van der Waals surface area contributed by atoms with Crippen molar-refractivity contribution in [3.8, 4) is 0 Å². The molecule has 0 radical (unpaired) electrons. The maximum absolute atomic E-state index is 11.0. The van der Waals surface area contributed by atoms with Gasteiger partial charge in [0.2, 0.25) is 5.91 Å². The van der Waals surface area contributed by atoms with Gasteiger partial charge in [0.1, 0.15) is 0 Å². The van der Waals surface area contributed by atoms with Gasteiger partial charge in [-0.1, -0.05) is 38.8 Å². The van der Waals surface area contributed by atoms with Crippen LogP contribution in [0.25, 0.3) is 0 Å². The van der Waals surface area contributed by atoms with Gasteiger partial charge in [-0.3, -0.25) is 4.79 Å². The lowest BCUT2D eigenvalue weighted by atomic mass is 9.73. The molecule has 1 saturated carbocycles. The van der Waals surface area contributed by atoms with Gasteiger partial charge in [0.05, 0.1) is 0 Å². The summed E-state index contributed by atoms with van der Waals surface area (Å²) in [4.78, 5) is 11.0. The van der Waals surface area contributed by atoms with Crippen molar-refractivity contribution in [1.29, 1.82) is 0 Å². The highest BCUT2D eigenvalue weighted by Gasteiger charge is 2.31. The molecule has 1 aliphatic carbocycles. The number of nitrogens with one attached hydrogen (secondary N) is 2. The summed E-state index contributed by atoms with van der Waals surface area (Å²) < 4.78 is 0. The molecule has 1 aliphatic rings. The van der Waals surface area contributed by atoms with Crippen LogP contribution in [0.4, 0.5) is 5.69 Å². The second kappa shape index (κ2) is 6.40. The highest BCUT2D eigenvalue weighted by molar-refractivity contribution is 5.88. The Balaban J connectivity index is 1.89. The highest BCUT2D eigenvalue weighted by Crippen LogP contribution is 2.35. The van der Waals surface area contributed by atoms with Crippen LogP contribution in [0.2, 0.25) is 0 Å². The van der Waals surface area contributed by atoms with Gasteiger partial charge in [-0.05, 0) is 36.0 Å². The zero-order valence-corrected chi connectivity index (χ0v) is 12.8. The fourth-order valence-electron chi connectivity index (χ4n) is 3.02. The number of anilines is 1. The van der Waals surface area contributed by atoms with E-state index in [0.29, 0.717) is 11.5 Å². The topological polar surface area (TPSA) is 41.1 Å². The lowest BCUT2D eigenvalue weighted by Gasteiger charge is -2.39. The van der Waals surface area contributed by atoms with E-state index in [9.17, 15) is 4.79 Å². The van der Waals surface area contributed by atoms with Gasteiger partial charge in [-0.25, -0.2) is 0 Å². The van der Waals surface area contributed by atoms with Gasteiger partial charge in [0, 0.05) is 25.2 Å². The Morgan fingerprint density at radius 2 is 1.95 bits per heavy atom. The molecular weight excluding hydrogens is 248 g/mol. The normalized spacial score (nSPS) is 21.4. The van der Waals surface area contributed by atoms with Gasteiger partial charge >= 0.3 is 0 Å². The summed E-state index contributed by atoms with van der Waals surface area (Å²) in [6.45, 7) is 7.16. The van der Waals surface area contributed by atoms with E-state index < -0.39 is 0 Å². The van der Waals surface area contributed by atoms with Crippen LogP contribution < -0.4 is 10.6 Å². The summed E-state index contributed by atoms with van der Waals surface area (Å²) in [6.07, 6.45) is 5.28. The van der Waals surface area contributed by atoms with E-state index >= 15 is 0 Å². The molecule has 2 rings (SSSR count). The van der Waals surface area contributed by atoms with Crippen LogP contribution in [0, 0.1) is 5.41 Å². The predicted octanol–water partition coefficient (Wildman–Crippen LogP) is 3.70. The minimum Gasteiger partial charge on any atom is -0.326 e. The lowest BCUT2D eigenvalue weighted by Crippen LogP contribution is -2.43. The fourth-order valence-corrected chi connectivity index (χ4v) is 3.02. The summed E-state index contributed by atoms with van der Waals surface area (Å²) >= 11 is 0. The first-order valence-electron chi connectivity index (χ1n) is 7.57. The standard InChI is InChI=1S/C17H26N2O/c1-13(20)19-15-9-7-14(8-10-15)12-18-16-6-4-5-11-17(16,2)3/h7-10,16,18H,4-6,11-12H2,1-3H3,(H,19,20). The van der Waals surface area contributed by atoms with Crippen LogP contribution in [-0.4, -0.2) is 11.9 Å². The number of amides is 1. The van der Waals surface area contributed by atoms with Crippen molar-refractivity contribution in [2.45, 2.75) is 59.0 Å². The number of hydrogen-bond acceptors (Lipinski definition) is 2. The van der Waals surface area contributed by atoms with Crippen molar-refractivity contribution >= 4 is 11.6 Å². The van der Waals surface area contributed by atoms with Gasteiger partial charge in [0.15, 0.2) is 0 Å². The van der Waals surface area contributed by atoms with E-state index in [1.807, 2.05) is 12.1 Å². The van der Waals surface area contributed by atoms with E-state index in [0.717, 1.165) is 12.2 Å². The highest BCUT2D eigenvalue weighted by atomic mass is 16.1. The molecular formula is C17H26N2O. The number of carbonyl (C=O) groups is 1. The minimum atomic E-state index is -0.0279. The molecule has 0 heterocycles. The number of hydrogen-bond donors (Lipinski definition) is 2. The van der Waals surface area contributed by atoms with Crippen molar-refractivity contribution in [2.75, 3.05) is 5.32 Å². The Labute approximate surface area is 122 Å². The first kappa shape index (κ1) is 15.0. The molecule has 20 heavy (non-hydrogen) atoms. The molecule has 0 bridgehead atoms. The molecule has 0 spiro atoms. The summed E-state index contributed by atoms with van der Waals surface area (Å²) in [7, 11) is 0. The van der Waals surface area contributed by atoms with Gasteiger partial charge < -0.3 is 10.6 Å². The Hall–Kier alpha value is -1.35. The second-order valence-corrected chi connectivity index (χ2v) is 6.55. The van der Waals surface area contributed by atoms with E-state index in [1.54, 1.807) is 0 Å². The Morgan fingerprint density at radius 3 is 2.55 bits per heavy atom. The van der Waals surface area contributed by atoms with E-state index in [2.05, 4.69) is 36.6 Å². The molecule has 0 aromatic heterocycles. The van der Waals surface area contributed by atoms with E-state index in [1.165, 1.54) is 38.2 Å². The van der Waals surface area contributed by atoms with Crippen LogP contribution in [0.3, 0.4) is 0 Å². The van der Waals surface area contributed by atoms with Crippen LogP contribution in [0.15, 0.2) is 24.3 Å². The second-order valence-electron chi connectivity index (χ2n) is 6.55. The van der Waals surface area contributed by atoms with Crippen molar-refractivity contribution < 1.29 is 4.79 Å². The predicted molar refractivity (Wildman–Crippen MR) is 83.6 cm³/mol. The Kier molecular flexibility index (Phi) is 4.81. The molecule has 0 aliphatic heterocycles. The largest absolute Gasteiger partial charge is 0.326 e. The monoisotopic (exact) mass is 274 g/mol. The van der Waals surface area contributed by atoms with E-state index in [4.69, 9.17) is 0 Å².